The molecule has 176 valence electrons. The molecule has 1 unspecified atom stereocenters. The summed E-state index contributed by atoms with van der Waals surface area (Å²) in [6.07, 6.45) is 21.3. The van der Waals surface area contributed by atoms with Gasteiger partial charge in [0.1, 0.15) is 0 Å². The lowest BCUT2D eigenvalue weighted by molar-refractivity contribution is -0.122. The van der Waals surface area contributed by atoms with Crippen LogP contribution in [0.5, 0.6) is 0 Å². The zero-order chi connectivity index (χ0) is 23.2. The van der Waals surface area contributed by atoms with Crippen LogP contribution in [0.1, 0.15) is 126 Å². The lowest BCUT2D eigenvalue weighted by atomic mass is 9.77. The topological polar surface area (TPSA) is 43.4 Å². The number of rotatable bonds is 14. The second-order valence-corrected chi connectivity index (χ2v) is 9.44. The molecule has 0 bridgehead atoms. The summed E-state index contributed by atoms with van der Waals surface area (Å²) in [4.78, 5) is 24.4. The van der Waals surface area contributed by atoms with E-state index in [1.54, 1.807) is 0 Å². The first-order chi connectivity index (χ1) is 15.6. The maximum atomic E-state index is 12.5. The Kier molecular flexibility index (Phi) is 12.2. The second kappa shape index (κ2) is 14.9. The Balaban J connectivity index is 1.78. The number of Topliss-reactive ketones (excluding diaryl/α,β-unsaturated/α-hetero) is 1. The van der Waals surface area contributed by atoms with Crippen molar-refractivity contribution in [2.45, 2.75) is 116 Å². The predicted octanol–water partition coefficient (Wildman–Crippen LogP) is 7.63. The highest BCUT2D eigenvalue weighted by Crippen LogP contribution is 2.37. The van der Waals surface area contributed by atoms with E-state index in [9.17, 15) is 9.59 Å². The van der Waals surface area contributed by atoms with Crippen molar-refractivity contribution in [2.75, 3.05) is 0 Å². The Morgan fingerprint density at radius 3 is 2.19 bits per heavy atom. The number of benzene rings is 1. The first-order valence-corrected chi connectivity index (χ1v) is 12.9. The predicted molar refractivity (Wildman–Crippen MR) is 132 cm³/mol. The maximum absolute atomic E-state index is 12.5. The molecule has 0 heterocycles. The molecular formula is C29H42O3. The maximum Gasteiger partial charge on any atom is 0.338 e. The number of hydrogen-bond donors (Lipinski definition) is 0. The summed E-state index contributed by atoms with van der Waals surface area (Å²) in [7, 11) is 0. The van der Waals surface area contributed by atoms with Gasteiger partial charge in [-0.1, -0.05) is 77.3 Å². The molecule has 0 saturated heterocycles. The van der Waals surface area contributed by atoms with Crippen LogP contribution in [0.4, 0.5) is 0 Å². The molecule has 1 aliphatic rings. The van der Waals surface area contributed by atoms with Gasteiger partial charge in [0.25, 0.3) is 0 Å². The largest absolute Gasteiger partial charge is 0.450 e. The van der Waals surface area contributed by atoms with Gasteiger partial charge >= 0.3 is 5.97 Å². The van der Waals surface area contributed by atoms with E-state index in [4.69, 9.17) is 11.2 Å². The van der Waals surface area contributed by atoms with Crippen LogP contribution in [0, 0.1) is 18.3 Å². The fourth-order valence-corrected chi connectivity index (χ4v) is 4.81. The third kappa shape index (κ3) is 8.81. The van der Waals surface area contributed by atoms with E-state index >= 15 is 0 Å². The van der Waals surface area contributed by atoms with Gasteiger partial charge < -0.3 is 4.74 Å². The first kappa shape index (κ1) is 26.2. The second-order valence-electron chi connectivity index (χ2n) is 9.44. The van der Waals surface area contributed by atoms with Crippen LogP contribution in [-0.2, 0) is 9.53 Å². The highest BCUT2D eigenvalue weighted by Gasteiger charge is 2.24. The summed E-state index contributed by atoms with van der Waals surface area (Å²) in [6, 6.07) is 7.77. The summed E-state index contributed by atoms with van der Waals surface area (Å²) in [5.74, 6) is 2.64. The van der Waals surface area contributed by atoms with Crippen molar-refractivity contribution in [1.29, 1.82) is 0 Å². The summed E-state index contributed by atoms with van der Waals surface area (Å²) in [6.45, 7) is 4.30. The Hall–Kier alpha value is -2.08. The molecule has 1 fully saturated rings. The van der Waals surface area contributed by atoms with E-state index in [1.165, 1.54) is 76.2 Å². The van der Waals surface area contributed by atoms with Crippen molar-refractivity contribution in [3.63, 3.8) is 0 Å². The van der Waals surface area contributed by atoms with Gasteiger partial charge in [0.2, 0.25) is 5.78 Å². The van der Waals surface area contributed by atoms with Crippen molar-refractivity contribution >= 4 is 11.8 Å². The normalized spacial score (nSPS) is 19.2. The number of carbonyl (C=O) groups excluding carboxylic acids is 2. The smallest absolute Gasteiger partial charge is 0.338 e. The molecule has 1 aliphatic carbocycles. The number of terminal acetylenes is 1. The minimum absolute atomic E-state index is 0.457. The van der Waals surface area contributed by atoms with Crippen LogP contribution >= 0.6 is 0 Å². The molecular weight excluding hydrogens is 396 g/mol. The number of carbonyl (C=O) groups is 2. The quantitative estimate of drug-likeness (QED) is 0.130. The van der Waals surface area contributed by atoms with E-state index in [2.05, 4.69) is 25.0 Å². The van der Waals surface area contributed by atoms with Gasteiger partial charge in [-0.15, -0.1) is 6.42 Å². The number of hydrogen-bond acceptors (Lipinski definition) is 3. The van der Waals surface area contributed by atoms with Crippen LogP contribution < -0.4 is 0 Å². The summed E-state index contributed by atoms with van der Waals surface area (Å²) < 4.78 is 5.43. The minimum atomic E-state index is -0.839. The Labute approximate surface area is 195 Å². The lowest BCUT2D eigenvalue weighted by Crippen LogP contribution is -2.26. The molecule has 1 aromatic carbocycles. The van der Waals surface area contributed by atoms with Gasteiger partial charge in [-0.25, -0.2) is 4.79 Å². The lowest BCUT2D eigenvalue weighted by Gasteiger charge is -2.29. The van der Waals surface area contributed by atoms with E-state index in [0.717, 1.165) is 18.8 Å². The number of esters is 1. The third-order valence-electron chi connectivity index (χ3n) is 6.93. The number of unbranched alkanes of at least 4 members (excludes halogenated alkanes) is 6. The van der Waals surface area contributed by atoms with Gasteiger partial charge in [0.05, 0.1) is 5.56 Å². The standard InChI is InChI=1S/C29H42O3/c1-4-7-9-10-11-12-13-23-15-17-24(18-16-23)25-19-21-26(22-20-25)29(31)32-28(14-8-5-2)27(30)6-3/h3,19-24,28H,4-5,7-18H2,1-2H3/t23-,24-,28?. The molecule has 1 atom stereocenters. The average molecular weight is 439 g/mol. The molecule has 0 N–H and O–H groups in total. The molecule has 32 heavy (non-hydrogen) atoms. The van der Waals surface area contributed by atoms with Gasteiger partial charge in [-0.2, -0.15) is 0 Å². The molecule has 0 aromatic heterocycles. The van der Waals surface area contributed by atoms with E-state index in [1.807, 2.05) is 19.1 Å². The highest BCUT2D eigenvalue weighted by atomic mass is 16.5. The van der Waals surface area contributed by atoms with E-state index in [0.29, 0.717) is 17.9 Å². The van der Waals surface area contributed by atoms with E-state index in [-0.39, 0.29) is 0 Å². The minimum Gasteiger partial charge on any atom is -0.450 e. The summed E-state index contributed by atoms with van der Waals surface area (Å²) in [5, 5.41) is 0. The number of ether oxygens (including phenoxy) is 1. The van der Waals surface area contributed by atoms with Crippen molar-refractivity contribution in [2.24, 2.45) is 5.92 Å². The van der Waals surface area contributed by atoms with Crippen LogP contribution in [0.2, 0.25) is 0 Å². The molecule has 0 amide bonds. The van der Waals surface area contributed by atoms with Gasteiger partial charge in [0.15, 0.2) is 6.10 Å². The molecule has 2 rings (SSSR count). The molecule has 0 spiro atoms. The van der Waals surface area contributed by atoms with Crippen LogP contribution in [0.15, 0.2) is 24.3 Å². The Morgan fingerprint density at radius 2 is 1.56 bits per heavy atom. The first-order valence-electron chi connectivity index (χ1n) is 12.9. The van der Waals surface area contributed by atoms with Gasteiger partial charge in [-0.3, -0.25) is 4.79 Å². The fourth-order valence-electron chi connectivity index (χ4n) is 4.81. The molecule has 0 radical (unpaired) electrons. The molecule has 0 aliphatic heterocycles. The molecule has 3 heteroatoms. The SMILES string of the molecule is C#CC(=O)C(CCCC)OC(=O)c1ccc([C@H]2CC[C@H](CCCCCCCC)CC2)cc1. The van der Waals surface area contributed by atoms with Crippen LogP contribution in [0.25, 0.3) is 0 Å². The monoisotopic (exact) mass is 438 g/mol. The summed E-state index contributed by atoms with van der Waals surface area (Å²) >= 11 is 0. The van der Waals surface area contributed by atoms with Gasteiger partial charge in [0, 0.05) is 0 Å². The number of ketones is 1. The zero-order valence-corrected chi connectivity index (χ0v) is 20.2. The molecule has 1 saturated carbocycles. The van der Waals surface area contributed by atoms with Gasteiger partial charge in [-0.05, 0) is 74.0 Å². The molecule has 3 nitrogen and oxygen atoms in total. The van der Waals surface area contributed by atoms with Crippen LogP contribution in [-0.4, -0.2) is 17.9 Å². The average Bonchev–Trinajstić information content (AvgIpc) is 2.83. The van der Waals surface area contributed by atoms with Crippen LogP contribution in [0.3, 0.4) is 0 Å². The Bertz CT molecular complexity index is 720. The van der Waals surface area contributed by atoms with E-state index < -0.39 is 17.9 Å². The zero-order valence-electron chi connectivity index (χ0n) is 20.2. The highest BCUT2D eigenvalue weighted by molar-refractivity contribution is 6.00. The summed E-state index contributed by atoms with van der Waals surface area (Å²) in [5.41, 5.74) is 1.79. The van der Waals surface area contributed by atoms with Crippen molar-refractivity contribution in [1.82, 2.24) is 0 Å². The van der Waals surface area contributed by atoms with Crippen molar-refractivity contribution in [3.05, 3.63) is 35.4 Å². The molecule has 1 aromatic rings. The fraction of sp³-hybridized carbons (Fsp3) is 0.655. The van der Waals surface area contributed by atoms with Crippen molar-refractivity contribution in [3.8, 4) is 12.3 Å². The Morgan fingerprint density at radius 1 is 0.938 bits per heavy atom. The van der Waals surface area contributed by atoms with Crippen molar-refractivity contribution < 1.29 is 14.3 Å². The third-order valence-corrected chi connectivity index (χ3v) is 6.93.